The molecule has 1 aromatic heterocycles. The predicted molar refractivity (Wildman–Crippen MR) is 89.9 cm³/mol. The van der Waals surface area contributed by atoms with Crippen molar-refractivity contribution in [1.29, 1.82) is 0 Å². The van der Waals surface area contributed by atoms with Crippen molar-refractivity contribution >= 4 is 17.0 Å². The Kier molecular flexibility index (Phi) is 6.21. The molecule has 0 aliphatic rings. The van der Waals surface area contributed by atoms with Crippen molar-refractivity contribution in [3.63, 3.8) is 0 Å². The number of unbranched alkanes of at least 4 members (excludes halogenated alkanes) is 1. The number of hydrogen-bond acceptors (Lipinski definition) is 4. The van der Waals surface area contributed by atoms with Gasteiger partial charge in [0.1, 0.15) is 0 Å². The molecule has 0 amide bonds. The number of aromatic nitrogens is 1. The molecule has 0 bridgehead atoms. The van der Waals surface area contributed by atoms with Crippen LogP contribution in [0.15, 0.2) is 35.7 Å². The third kappa shape index (κ3) is 5.14. The van der Waals surface area contributed by atoms with Crippen molar-refractivity contribution in [1.82, 2.24) is 4.98 Å². The van der Waals surface area contributed by atoms with E-state index in [-0.39, 0.29) is 6.10 Å². The van der Waals surface area contributed by atoms with Gasteiger partial charge in [-0.3, -0.25) is 0 Å². The molecule has 0 saturated carbocycles. The highest BCUT2D eigenvalue weighted by Crippen LogP contribution is 2.19. The molecule has 4 heteroatoms. The Morgan fingerprint density at radius 1 is 1.29 bits per heavy atom. The van der Waals surface area contributed by atoms with Crippen LogP contribution >= 0.6 is 11.3 Å². The van der Waals surface area contributed by atoms with Crippen molar-refractivity contribution < 1.29 is 5.11 Å². The van der Waals surface area contributed by atoms with E-state index in [1.165, 1.54) is 17.8 Å². The van der Waals surface area contributed by atoms with Crippen LogP contribution in [0.1, 0.15) is 37.4 Å². The lowest BCUT2D eigenvalue weighted by atomic mass is 10.2. The molecule has 1 heterocycles. The Bertz CT molecular complexity index is 525. The molecule has 0 aliphatic carbocycles. The number of thiazole rings is 1. The normalized spacial score (nSPS) is 12.3. The molecular weight excluding hydrogens is 280 g/mol. The minimum absolute atomic E-state index is 0.358. The van der Waals surface area contributed by atoms with E-state index in [2.05, 4.69) is 29.3 Å². The topological polar surface area (TPSA) is 36.4 Å². The molecule has 0 aliphatic heterocycles. The van der Waals surface area contributed by atoms with Crippen LogP contribution in [0.5, 0.6) is 0 Å². The van der Waals surface area contributed by atoms with Crippen LogP contribution in [0, 0.1) is 0 Å². The van der Waals surface area contributed by atoms with Gasteiger partial charge in [0.05, 0.1) is 23.4 Å². The molecule has 2 aromatic rings. The number of aliphatic hydroxyl groups is 1. The summed E-state index contributed by atoms with van der Waals surface area (Å²) in [5, 5.41) is 13.1. The number of aryl methyl sites for hydroxylation is 1. The first-order valence-corrected chi connectivity index (χ1v) is 8.48. The second kappa shape index (κ2) is 8.15. The summed E-state index contributed by atoms with van der Waals surface area (Å²) >= 11 is 1.75. The maximum Gasteiger partial charge on any atom is 0.0929 e. The Morgan fingerprint density at radius 3 is 2.71 bits per heavy atom. The summed E-state index contributed by atoms with van der Waals surface area (Å²) in [5.74, 6) is 0. The van der Waals surface area contributed by atoms with E-state index in [1.807, 2.05) is 25.1 Å². The number of hydrogen-bond donors (Lipinski definition) is 1. The summed E-state index contributed by atoms with van der Waals surface area (Å²) in [6.45, 7) is 5.39. The quantitative estimate of drug-likeness (QED) is 0.804. The van der Waals surface area contributed by atoms with Gasteiger partial charge in [-0.25, -0.2) is 4.98 Å². The molecule has 1 unspecified atom stereocenters. The Morgan fingerprint density at radius 2 is 2.05 bits per heavy atom. The van der Waals surface area contributed by atoms with Gasteiger partial charge in [0, 0.05) is 17.6 Å². The van der Waals surface area contributed by atoms with E-state index in [0.29, 0.717) is 6.54 Å². The molecule has 1 atom stereocenters. The minimum atomic E-state index is -0.358. The zero-order valence-electron chi connectivity index (χ0n) is 12.8. The summed E-state index contributed by atoms with van der Waals surface area (Å²) in [7, 11) is 0. The van der Waals surface area contributed by atoms with E-state index in [4.69, 9.17) is 4.98 Å². The lowest BCUT2D eigenvalue weighted by Crippen LogP contribution is -2.30. The Hall–Kier alpha value is -1.39. The number of para-hydroxylation sites is 1. The summed E-state index contributed by atoms with van der Waals surface area (Å²) in [6.07, 6.45) is 3.11. The standard InChI is InChI=1S/C17H24N2OS/c1-3-4-10-17-18-15(13-21-17)12-19(11-14(2)20)16-8-6-5-7-9-16/h5-9,13-14,20H,3-4,10-12H2,1-2H3. The fourth-order valence-corrected chi connectivity index (χ4v) is 3.11. The summed E-state index contributed by atoms with van der Waals surface area (Å²) in [4.78, 5) is 6.90. The first kappa shape index (κ1) is 16.0. The first-order chi connectivity index (χ1) is 10.2. The number of aliphatic hydroxyl groups excluding tert-OH is 1. The molecule has 2 rings (SSSR count). The molecule has 114 valence electrons. The van der Waals surface area contributed by atoms with Crippen molar-refractivity contribution in [3.05, 3.63) is 46.4 Å². The third-order valence-corrected chi connectivity index (χ3v) is 4.26. The smallest absolute Gasteiger partial charge is 0.0929 e. The van der Waals surface area contributed by atoms with E-state index in [0.717, 1.165) is 24.3 Å². The number of benzene rings is 1. The molecule has 3 nitrogen and oxygen atoms in total. The second-order valence-corrected chi connectivity index (χ2v) is 6.34. The van der Waals surface area contributed by atoms with Crippen LogP contribution in [-0.4, -0.2) is 22.7 Å². The van der Waals surface area contributed by atoms with E-state index in [1.54, 1.807) is 11.3 Å². The van der Waals surface area contributed by atoms with Gasteiger partial charge in [-0.2, -0.15) is 0 Å². The zero-order valence-corrected chi connectivity index (χ0v) is 13.6. The van der Waals surface area contributed by atoms with Crippen LogP contribution in [0.4, 0.5) is 5.69 Å². The summed E-state index contributed by atoms with van der Waals surface area (Å²) in [6, 6.07) is 10.2. The van der Waals surface area contributed by atoms with Gasteiger partial charge in [0.2, 0.25) is 0 Å². The van der Waals surface area contributed by atoms with Gasteiger partial charge in [0.25, 0.3) is 0 Å². The highest BCUT2D eigenvalue weighted by Gasteiger charge is 2.12. The predicted octanol–water partition coefficient (Wildman–Crippen LogP) is 3.87. The largest absolute Gasteiger partial charge is 0.392 e. The number of anilines is 1. The Balaban J connectivity index is 2.06. The van der Waals surface area contributed by atoms with Crippen LogP contribution in [0.2, 0.25) is 0 Å². The molecule has 0 radical (unpaired) electrons. The maximum absolute atomic E-state index is 9.72. The monoisotopic (exact) mass is 304 g/mol. The highest BCUT2D eigenvalue weighted by atomic mass is 32.1. The zero-order chi connectivity index (χ0) is 15.1. The summed E-state index contributed by atoms with van der Waals surface area (Å²) in [5.41, 5.74) is 2.22. The van der Waals surface area contributed by atoms with E-state index in [9.17, 15) is 5.11 Å². The lowest BCUT2D eigenvalue weighted by Gasteiger charge is -2.25. The van der Waals surface area contributed by atoms with Crippen LogP contribution in [0.3, 0.4) is 0 Å². The fourth-order valence-electron chi connectivity index (χ4n) is 2.28. The molecule has 0 saturated heterocycles. The van der Waals surface area contributed by atoms with Crippen LogP contribution in [0.25, 0.3) is 0 Å². The number of nitrogens with zero attached hydrogens (tertiary/aromatic N) is 2. The van der Waals surface area contributed by atoms with Crippen molar-refractivity contribution in [2.75, 3.05) is 11.4 Å². The number of rotatable bonds is 8. The van der Waals surface area contributed by atoms with E-state index < -0.39 is 0 Å². The minimum Gasteiger partial charge on any atom is -0.392 e. The van der Waals surface area contributed by atoms with Gasteiger partial charge >= 0.3 is 0 Å². The fraction of sp³-hybridized carbons (Fsp3) is 0.471. The molecular formula is C17H24N2OS. The SMILES string of the molecule is CCCCc1nc(CN(CC(C)O)c2ccccc2)cs1. The molecule has 0 fully saturated rings. The summed E-state index contributed by atoms with van der Waals surface area (Å²) < 4.78 is 0. The highest BCUT2D eigenvalue weighted by molar-refractivity contribution is 7.09. The lowest BCUT2D eigenvalue weighted by molar-refractivity contribution is 0.199. The van der Waals surface area contributed by atoms with Crippen LogP contribution in [-0.2, 0) is 13.0 Å². The van der Waals surface area contributed by atoms with Crippen molar-refractivity contribution in [2.24, 2.45) is 0 Å². The van der Waals surface area contributed by atoms with Gasteiger partial charge < -0.3 is 10.0 Å². The van der Waals surface area contributed by atoms with E-state index >= 15 is 0 Å². The van der Waals surface area contributed by atoms with Gasteiger partial charge in [-0.05, 0) is 31.9 Å². The van der Waals surface area contributed by atoms with Crippen molar-refractivity contribution in [2.45, 2.75) is 45.8 Å². The second-order valence-electron chi connectivity index (χ2n) is 5.40. The molecule has 21 heavy (non-hydrogen) atoms. The van der Waals surface area contributed by atoms with Gasteiger partial charge in [-0.1, -0.05) is 31.5 Å². The Labute approximate surface area is 131 Å². The van der Waals surface area contributed by atoms with Crippen molar-refractivity contribution in [3.8, 4) is 0 Å². The average molecular weight is 304 g/mol. The molecule has 1 aromatic carbocycles. The average Bonchev–Trinajstić information content (AvgIpc) is 2.92. The maximum atomic E-state index is 9.72. The molecule has 0 spiro atoms. The van der Waals surface area contributed by atoms with Gasteiger partial charge in [-0.15, -0.1) is 11.3 Å². The van der Waals surface area contributed by atoms with Crippen LogP contribution < -0.4 is 4.90 Å². The van der Waals surface area contributed by atoms with Gasteiger partial charge in [0.15, 0.2) is 0 Å². The first-order valence-electron chi connectivity index (χ1n) is 7.60. The third-order valence-electron chi connectivity index (χ3n) is 3.30. The molecule has 1 N–H and O–H groups in total.